The third kappa shape index (κ3) is 2.07. The number of hydrogen-bond donors (Lipinski definition) is 2. The fourth-order valence-electron chi connectivity index (χ4n) is 0.703. The summed E-state index contributed by atoms with van der Waals surface area (Å²) in [7, 11) is 0. The molecule has 1 unspecified atom stereocenters. The van der Waals surface area contributed by atoms with Gasteiger partial charge in [0.2, 0.25) is 0 Å². The fraction of sp³-hybridized carbons (Fsp3) is 0.250. The highest BCUT2D eigenvalue weighted by Crippen LogP contribution is 1.99. The first-order chi connectivity index (χ1) is 4.79. The van der Waals surface area contributed by atoms with Crippen molar-refractivity contribution in [1.29, 1.82) is 0 Å². The summed E-state index contributed by atoms with van der Waals surface area (Å²) in [4.78, 5) is 2.96. The molecule has 0 aromatic carbocycles. The van der Waals surface area contributed by atoms with E-state index in [9.17, 15) is 0 Å². The van der Waals surface area contributed by atoms with E-state index in [4.69, 9.17) is 5.73 Å². The first-order valence-corrected chi connectivity index (χ1v) is 3.35. The van der Waals surface area contributed by atoms with Crippen LogP contribution < -0.4 is 5.73 Å². The van der Waals surface area contributed by atoms with Crippen molar-refractivity contribution in [2.45, 2.75) is 13.0 Å². The molecule has 1 rings (SSSR count). The summed E-state index contributed by atoms with van der Waals surface area (Å²) in [5.74, 6) is 0. The Kier molecular flexibility index (Phi) is 2.29. The van der Waals surface area contributed by atoms with Gasteiger partial charge >= 0.3 is 0 Å². The SMILES string of the molecule is CC(N)/C=C/c1cc[nH]c1. The minimum Gasteiger partial charge on any atom is -0.367 e. The van der Waals surface area contributed by atoms with Crippen LogP contribution in [0.15, 0.2) is 24.5 Å². The van der Waals surface area contributed by atoms with Gasteiger partial charge in [-0.2, -0.15) is 0 Å². The number of aromatic nitrogens is 1. The quantitative estimate of drug-likeness (QED) is 0.633. The molecule has 2 nitrogen and oxygen atoms in total. The average Bonchev–Trinajstić information content (AvgIpc) is 2.34. The molecule has 0 saturated carbocycles. The number of nitrogens with one attached hydrogen (secondary N) is 1. The fourth-order valence-corrected chi connectivity index (χ4v) is 0.703. The predicted octanol–water partition coefficient (Wildman–Crippen LogP) is 1.38. The zero-order chi connectivity index (χ0) is 7.40. The van der Waals surface area contributed by atoms with Gasteiger partial charge in [-0.25, -0.2) is 0 Å². The van der Waals surface area contributed by atoms with E-state index in [1.54, 1.807) is 0 Å². The highest BCUT2D eigenvalue weighted by molar-refractivity contribution is 5.48. The van der Waals surface area contributed by atoms with Gasteiger partial charge in [0, 0.05) is 18.4 Å². The molecule has 0 saturated heterocycles. The third-order valence-corrected chi connectivity index (χ3v) is 1.21. The van der Waals surface area contributed by atoms with Crippen LogP contribution in [-0.2, 0) is 0 Å². The van der Waals surface area contributed by atoms with Gasteiger partial charge in [0.25, 0.3) is 0 Å². The van der Waals surface area contributed by atoms with E-state index in [-0.39, 0.29) is 6.04 Å². The van der Waals surface area contributed by atoms with Crippen molar-refractivity contribution < 1.29 is 0 Å². The van der Waals surface area contributed by atoms with E-state index < -0.39 is 0 Å². The normalized spacial score (nSPS) is 14.2. The molecule has 0 aliphatic heterocycles. The predicted molar refractivity (Wildman–Crippen MR) is 43.5 cm³/mol. The van der Waals surface area contributed by atoms with Crippen molar-refractivity contribution in [1.82, 2.24) is 4.98 Å². The summed E-state index contributed by atoms with van der Waals surface area (Å²) in [6.07, 6.45) is 7.78. The van der Waals surface area contributed by atoms with Gasteiger partial charge in [0.15, 0.2) is 0 Å². The number of rotatable bonds is 2. The Morgan fingerprint density at radius 3 is 3.00 bits per heavy atom. The van der Waals surface area contributed by atoms with Crippen molar-refractivity contribution in [2.24, 2.45) is 5.73 Å². The van der Waals surface area contributed by atoms with Gasteiger partial charge in [-0.05, 0) is 18.6 Å². The molecule has 0 radical (unpaired) electrons. The summed E-state index contributed by atoms with van der Waals surface area (Å²) in [6.45, 7) is 1.95. The zero-order valence-electron chi connectivity index (χ0n) is 6.04. The molecule has 2 heteroatoms. The van der Waals surface area contributed by atoms with Gasteiger partial charge in [0.05, 0.1) is 0 Å². The molecule has 1 atom stereocenters. The molecule has 3 N–H and O–H groups in total. The Morgan fingerprint density at radius 1 is 1.70 bits per heavy atom. The molecule has 0 aliphatic carbocycles. The van der Waals surface area contributed by atoms with Crippen molar-refractivity contribution in [3.05, 3.63) is 30.1 Å². The van der Waals surface area contributed by atoms with E-state index in [0.29, 0.717) is 0 Å². The first kappa shape index (κ1) is 7.09. The molecule has 0 fully saturated rings. The second-order valence-electron chi connectivity index (χ2n) is 2.36. The second kappa shape index (κ2) is 3.22. The summed E-state index contributed by atoms with van der Waals surface area (Å²) in [5.41, 5.74) is 6.68. The summed E-state index contributed by atoms with van der Waals surface area (Å²) >= 11 is 0. The Bertz CT molecular complexity index is 197. The van der Waals surface area contributed by atoms with E-state index in [1.165, 1.54) is 0 Å². The molecule has 10 heavy (non-hydrogen) atoms. The molecular weight excluding hydrogens is 124 g/mol. The molecule has 0 amide bonds. The summed E-state index contributed by atoms with van der Waals surface area (Å²) in [5, 5.41) is 0. The van der Waals surface area contributed by atoms with Gasteiger partial charge < -0.3 is 10.7 Å². The maximum Gasteiger partial charge on any atom is 0.0198 e. The Morgan fingerprint density at radius 2 is 2.50 bits per heavy atom. The van der Waals surface area contributed by atoms with E-state index in [1.807, 2.05) is 37.5 Å². The maximum absolute atomic E-state index is 5.51. The Hall–Kier alpha value is -1.02. The number of aromatic amines is 1. The van der Waals surface area contributed by atoms with Crippen LogP contribution in [0.2, 0.25) is 0 Å². The molecule has 0 bridgehead atoms. The largest absolute Gasteiger partial charge is 0.367 e. The molecule has 0 spiro atoms. The van der Waals surface area contributed by atoms with Crippen LogP contribution in [0, 0.1) is 0 Å². The average molecular weight is 136 g/mol. The molecule has 1 aromatic rings. The second-order valence-corrected chi connectivity index (χ2v) is 2.36. The molecule has 54 valence electrons. The topological polar surface area (TPSA) is 41.8 Å². The van der Waals surface area contributed by atoms with Gasteiger partial charge in [0.1, 0.15) is 0 Å². The van der Waals surface area contributed by atoms with Crippen molar-refractivity contribution in [2.75, 3.05) is 0 Å². The minimum atomic E-state index is 0.134. The summed E-state index contributed by atoms with van der Waals surface area (Å²) < 4.78 is 0. The molecular formula is C8H12N2. The van der Waals surface area contributed by atoms with Crippen LogP contribution in [0.25, 0.3) is 6.08 Å². The maximum atomic E-state index is 5.51. The Balaban J connectivity index is 2.55. The van der Waals surface area contributed by atoms with Crippen molar-refractivity contribution in [3.8, 4) is 0 Å². The van der Waals surface area contributed by atoms with Crippen LogP contribution in [0.4, 0.5) is 0 Å². The van der Waals surface area contributed by atoms with Gasteiger partial charge in [-0.1, -0.05) is 12.2 Å². The number of H-pyrrole nitrogens is 1. The lowest BCUT2D eigenvalue weighted by atomic mass is 10.2. The smallest absolute Gasteiger partial charge is 0.0198 e. The highest BCUT2D eigenvalue weighted by Gasteiger charge is 1.85. The van der Waals surface area contributed by atoms with Crippen LogP contribution >= 0.6 is 0 Å². The van der Waals surface area contributed by atoms with Crippen LogP contribution in [0.1, 0.15) is 12.5 Å². The number of hydrogen-bond acceptors (Lipinski definition) is 1. The lowest BCUT2D eigenvalue weighted by Gasteiger charge is -1.91. The zero-order valence-corrected chi connectivity index (χ0v) is 6.04. The van der Waals surface area contributed by atoms with Crippen LogP contribution in [0.5, 0.6) is 0 Å². The monoisotopic (exact) mass is 136 g/mol. The van der Waals surface area contributed by atoms with Gasteiger partial charge in [-0.15, -0.1) is 0 Å². The lowest BCUT2D eigenvalue weighted by Crippen LogP contribution is -2.09. The van der Waals surface area contributed by atoms with Crippen LogP contribution in [0.3, 0.4) is 0 Å². The van der Waals surface area contributed by atoms with Crippen molar-refractivity contribution >= 4 is 6.08 Å². The third-order valence-electron chi connectivity index (χ3n) is 1.21. The molecule has 1 heterocycles. The van der Waals surface area contributed by atoms with E-state index in [2.05, 4.69) is 4.98 Å². The summed E-state index contributed by atoms with van der Waals surface area (Å²) in [6, 6.07) is 2.13. The highest BCUT2D eigenvalue weighted by atomic mass is 14.6. The van der Waals surface area contributed by atoms with E-state index in [0.717, 1.165) is 5.56 Å². The first-order valence-electron chi connectivity index (χ1n) is 3.35. The Labute approximate surface area is 60.8 Å². The van der Waals surface area contributed by atoms with Gasteiger partial charge in [-0.3, -0.25) is 0 Å². The number of nitrogens with two attached hydrogens (primary N) is 1. The van der Waals surface area contributed by atoms with Crippen molar-refractivity contribution in [3.63, 3.8) is 0 Å². The minimum absolute atomic E-state index is 0.134. The standard InChI is InChI=1S/C8H12N2/c1-7(9)2-3-8-4-5-10-6-8/h2-7,10H,9H2,1H3/b3-2+. The van der Waals surface area contributed by atoms with E-state index >= 15 is 0 Å². The molecule has 0 aliphatic rings. The van der Waals surface area contributed by atoms with Crippen LogP contribution in [-0.4, -0.2) is 11.0 Å². The lowest BCUT2D eigenvalue weighted by molar-refractivity contribution is 0.931. The molecule has 1 aromatic heterocycles.